The molecular formula is C12H14N2O3. The van der Waals surface area contributed by atoms with Gasteiger partial charge in [-0.1, -0.05) is 0 Å². The fraction of sp³-hybridized carbons (Fsp3) is 0.333. The molecule has 1 aromatic carbocycles. The fourth-order valence-corrected chi connectivity index (χ4v) is 2.02. The Kier molecular flexibility index (Phi) is 3.10. The summed E-state index contributed by atoms with van der Waals surface area (Å²) in [6, 6.07) is 5.29. The van der Waals surface area contributed by atoms with E-state index in [0.29, 0.717) is 12.1 Å². The van der Waals surface area contributed by atoms with Crippen LogP contribution < -0.4 is 10.4 Å². The van der Waals surface area contributed by atoms with Crippen LogP contribution in [0.1, 0.15) is 22.8 Å². The Balaban J connectivity index is 2.28. The van der Waals surface area contributed by atoms with Crippen LogP contribution in [0.3, 0.4) is 0 Å². The second-order valence-corrected chi connectivity index (χ2v) is 3.90. The number of anilines is 1. The molecular weight excluding hydrogens is 220 g/mol. The van der Waals surface area contributed by atoms with Crippen LogP contribution in [-0.2, 0) is 16.1 Å². The van der Waals surface area contributed by atoms with Gasteiger partial charge in [-0.25, -0.2) is 5.48 Å². The predicted molar refractivity (Wildman–Crippen MR) is 62.6 cm³/mol. The average molecular weight is 234 g/mol. The number of nitrogens with zero attached hydrogens (tertiary/aromatic N) is 1. The first-order chi connectivity index (χ1) is 8.13. The summed E-state index contributed by atoms with van der Waals surface area (Å²) in [5.41, 5.74) is 4.72. The number of carbonyl (C=O) groups excluding carboxylic acids is 2. The van der Waals surface area contributed by atoms with E-state index in [-0.39, 0.29) is 11.8 Å². The van der Waals surface area contributed by atoms with E-state index in [4.69, 9.17) is 0 Å². The molecule has 1 aliphatic heterocycles. The third-order valence-electron chi connectivity index (χ3n) is 2.81. The zero-order valence-electron chi connectivity index (χ0n) is 9.82. The highest BCUT2D eigenvalue weighted by molar-refractivity contribution is 5.97. The molecule has 1 heterocycles. The van der Waals surface area contributed by atoms with Gasteiger partial charge >= 0.3 is 0 Å². The summed E-state index contributed by atoms with van der Waals surface area (Å²) in [7, 11) is 1.39. The maximum atomic E-state index is 11.5. The molecule has 0 fully saturated rings. The molecule has 0 aromatic heterocycles. The summed E-state index contributed by atoms with van der Waals surface area (Å²) in [4.78, 5) is 29.2. The Morgan fingerprint density at radius 1 is 1.41 bits per heavy atom. The van der Waals surface area contributed by atoms with Gasteiger partial charge in [0.2, 0.25) is 5.91 Å². The van der Waals surface area contributed by atoms with Gasteiger partial charge in [0.25, 0.3) is 5.91 Å². The van der Waals surface area contributed by atoms with Crippen LogP contribution in [0.5, 0.6) is 0 Å². The van der Waals surface area contributed by atoms with Crippen LogP contribution in [-0.4, -0.2) is 25.5 Å². The van der Waals surface area contributed by atoms with Crippen molar-refractivity contribution in [1.82, 2.24) is 5.48 Å². The molecule has 0 spiro atoms. The quantitative estimate of drug-likeness (QED) is 0.773. The summed E-state index contributed by atoms with van der Waals surface area (Å²) in [5, 5.41) is 0. The SMILES string of the molecule is CONC(=O)c1ccc2c(c1)CCN2C(C)=O. The molecule has 0 saturated carbocycles. The second-order valence-electron chi connectivity index (χ2n) is 3.90. The molecule has 2 amide bonds. The Morgan fingerprint density at radius 2 is 2.18 bits per heavy atom. The Labute approximate surface area is 99.3 Å². The van der Waals surface area contributed by atoms with Gasteiger partial charge in [-0.15, -0.1) is 0 Å². The predicted octanol–water partition coefficient (Wildman–Crippen LogP) is 0.887. The molecule has 1 aliphatic rings. The lowest BCUT2D eigenvalue weighted by Crippen LogP contribution is -2.25. The summed E-state index contributed by atoms with van der Waals surface area (Å²) >= 11 is 0. The minimum atomic E-state index is -0.281. The zero-order chi connectivity index (χ0) is 12.4. The number of hydrogen-bond donors (Lipinski definition) is 1. The van der Waals surface area contributed by atoms with E-state index in [1.807, 2.05) is 0 Å². The van der Waals surface area contributed by atoms with Crippen LogP contribution in [0.4, 0.5) is 5.69 Å². The van der Waals surface area contributed by atoms with Crippen molar-refractivity contribution in [2.45, 2.75) is 13.3 Å². The summed E-state index contributed by atoms with van der Waals surface area (Å²) in [5.74, 6) is -0.255. The first-order valence-electron chi connectivity index (χ1n) is 5.38. The minimum absolute atomic E-state index is 0.0258. The van der Waals surface area contributed by atoms with Gasteiger partial charge in [-0.05, 0) is 30.2 Å². The number of fused-ring (bicyclic) bond motifs is 1. The molecule has 17 heavy (non-hydrogen) atoms. The molecule has 0 bridgehead atoms. The van der Waals surface area contributed by atoms with E-state index in [1.54, 1.807) is 30.0 Å². The average Bonchev–Trinajstić information content (AvgIpc) is 2.71. The zero-order valence-corrected chi connectivity index (χ0v) is 9.82. The molecule has 1 aromatic rings. The Bertz CT molecular complexity index is 471. The van der Waals surface area contributed by atoms with E-state index in [0.717, 1.165) is 17.7 Å². The standard InChI is InChI=1S/C12H14N2O3/c1-8(15)14-6-5-9-7-10(3-4-11(9)14)12(16)13-17-2/h3-4,7H,5-6H2,1-2H3,(H,13,16). The number of hydroxylamine groups is 1. The normalized spacial score (nSPS) is 13.4. The first kappa shape index (κ1) is 11.6. The Morgan fingerprint density at radius 3 is 2.82 bits per heavy atom. The van der Waals surface area contributed by atoms with Crippen LogP contribution in [0, 0.1) is 0 Å². The number of nitrogens with one attached hydrogen (secondary N) is 1. The van der Waals surface area contributed by atoms with Gasteiger partial charge in [0.1, 0.15) is 0 Å². The largest absolute Gasteiger partial charge is 0.312 e. The molecule has 2 rings (SSSR count). The van der Waals surface area contributed by atoms with Gasteiger partial charge in [-0.2, -0.15) is 0 Å². The van der Waals surface area contributed by atoms with Crippen LogP contribution in [0.15, 0.2) is 18.2 Å². The number of hydrogen-bond acceptors (Lipinski definition) is 3. The Hall–Kier alpha value is -1.88. The molecule has 0 unspecified atom stereocenters. The number of rotatable bonds is 2. The topological polar surface area (TPSA) is 58.6 Å². The van der Waals surface area contributed by atoms with Crippen molar-refractivity contribution in [3.8, 4) is 0 Å². The molecule has 0 atom stereocenters. The highest BCUT2D eigenvalue weighted by atomic mass is 16.6. The van der Waals surface area contributed by atoms with Crippen molar-refractivity contribution >= 4 is 17.5 Å². The maximum Gasteiger partial charge on any atom is 0.274 e. The van der Waals surface area contributed by atoms with Gasteiger partial charge in [0.05, 0.1) is 7.11 Å². The van der Waals surface area contributed by atoms with Crippen molar-refractivity contribution in [2.24, 2.45) is 0 Å². The van der Waals surface area contributed by atoms with Crippen molar-refractivity contribution in [1.29, 1.82) is 0 Å². The van der Waals surface area contributed by atoms with E-state index in [2.05, 4.69) is 10.3 Å². The molecule has 0 radical (unpaired) electrons. The van der Waals surface area contributed by atoms with Crippen LogP contribution in [0.2, 0.25) is 0 Å². The molecule has 90 valence electrons. The van der Waals surface area contributed by atoms with E-state index in [1.165, 1.54) is 7.11 Å². The van der Waals surface area contributed by atoms with Crippen molar-refractivity contribution < 1.29 is 14.4 Å². The summed E-state index contributed by atoms with van der Waals surface area (Å²) in [6.07, 6.45) is 0.781. The highest BCUT2D eigenvalue weighted by Crippen LogP contribution is 2.28. The number of benzene rings is 1. The summed E-state index contributed by atoms with van der Waals surface area (Å²) < 4.78 is 0. The van der Waals surface area contributed by atoms with Gasteiger partial charge in [0.15, 0.2) is 0 Å². The number of amides is 2. The van der Waals surface area contributed by atoms with E-state index in [9.17, 15) is 9.59 Å². The third-order valence-corrected chi connectivity index (χ3v) is 2.81. The number of carbonyl (C=O) groups is 2. The summed E-state index contributed by atoms with van der Waals surface area (Å²) in [6.45, 7) is 2.22. The first-order valence-corrected chi connectivity index (χ1v) is 5.38. The molecule has 5 nitrogen and oxygen atoms in total. The fourth-order valence-electron chi connectivity index (χ4n) is 2.02. The lowest BCUT2D eigenvalue weighted by molar-refractivity contribution is -0.116. The molecule has 1 N–H and O–H groups in total. The van der Waals surface area contributed by atoms with E-state index >= 15 is 0 Å². The highest BCUT2D eigenvalue weighted by Gasteiger charge is 2.22. The van der Waals surface area contributed by atoms with Crippen molar-refractivity contribution in [3.05, 3.63) is 29.3 Å². The molecule has 0 saturated heterocycles. The lowest BCUT2D eigenvalue weighted by atomic mass is 10.1. The lowest BCUT2D eigenvalue weighted by Gasteiger charge is -2.14. The van der Waals surface area contributed by atoms with Gasteiger partial charge < -0.3 is 4.90 Å². The monoisotopic (exact) mass is 234 g/mol. The molecule has 0 aliphatic carbocycles. The minimum Gasteiger partial charge on any atom is -0.312 e. The molecule has 5 heteroatoms. The third kappa shape index (κ3) is 2.14. The van der Waals surface area contributed by atoms with Crippen molar-refractivity contribution in [3.63, 3.8) is 0 Å². The van der Waals surface area contributed by atoms with E-state index < -0.39 is 0 Å². The van der Waals surface area contributed by atoms with Crippen molar-refractivity contribution in [2.75, 3.05) is 18.6 Å². The second kappa shape index (κ2) is 4.55. The van der Waals surface area contributed by atoms with Gasteiger partial charge in [-0.3, -0.25) is 14.4 Å². The van der Waals surface area contributed by atoms with Crippen LogP contribution in [0.25, 0.3) is 0 Å². The smallest absolute Gasteiger partial charge is 0.274 e. The van der Waals surface area contributed by atoms with Crippen LogP contribution >= 0.6 is 0 Å². The van der Waals surface area contributed by atoms with Gasteiger partial charge in [0, 0.05) is 24.7 Å². The maximum absolute atomic E-state index is 11.5.